The monoisotopic (exact) mass is 450 g/mol. The molecule has 166 valence electrons. The normalized spacial score (nSPS) is 15.7. The molecule has 0 unspecified atom stereocenters. The molecular formula is C24H26N4O3S. The van der Waals surface area contributed by atoms with Crippen LogP contribution in [-0.4, -0.2) is 59.5 Å². The lowest BCUT2D eigenvalue weighted by atomic mass is 10.2. The molecule has 1 aromatic heterocycles. The average molecular weight is 451 g/mol. The summed E-state index contributed by atoms with van der Waals surface area (Å²) in [7, 11) is -3.56. The number of hydrogen-bond donors (Lipinski definition) is 0. The SMILES string of the molecule is Cc1ccc(S(=O)(=O)N2CCCN(C(=O)/C=C/c3cnn(-c4ccccc4)c3)CC2)cc1. The van der Waals surface area contributed by atoms with Gasteiger partial charge in [-0.3, -0.25) is 4.79 Å². The highest BCUT2D eigenvalue weighted by Crippen LogP contribution is 2.18. The lowest BCUT2D eigenvalue weighted by molar-refractivity contribution is -0.125. The standard InChI is InChI=1S/C24H26N4O3S/c1-20-8-11-23(12-9-20)32(30,31)27-15-5-14-26(16-17-27)24(29)13-10-21-18-25-28(19-21)22-6-3-2-4-7-22/h2-4,6-13,18-19H,5,14-17H2,1H3/b13-10+. The van der Waals surface area contributed by atoms with Gasteiger partial charge in [-0.15, -0.1) is 0 Å². The van der Waals surface area contributed by atoms with E-state index in [0.717, 1.165) is 16.8 Å². The van der Waals surface area contributed by atoms with Crippen LogP contribution in [0, 0.1) is 6.92 Å². The number of para-hydroxylation sites is 1. The van der Waals surface area contributed by atoms with Crippen molar-refractivity contribution in [3.8, 4) is 5.69 Å². The maximum absolute atomic E-state index is 13.0. The molecule has 0 saturated carbocycles. The van der Waals surface area contributed by atoms with Crippen LogP contribution in [0.5, 0.6) is 0 Å². The molecule has 1 saturated heterocycles. The van der Waals surface area contributed by atoms with Gasteiger partial charge in [-0.2, -0.15) is 9.40 Å². The molecule has 1 aliphatic rings. The Labute approximate surface area is 188 Å². The van der Waals surface area contributed by atoms with Crippen LogP contribution >= 0.6 is 0 Å². The molecule has 0 radical (unpaired) electrons. The Bertz CT molecular complexity index is 1200. The zero-order valence-electron chi connectivity index (χ0n) is 18.0. The Morgan fingerprint density at radius 1 is 0.969 bits per heavy atom. The van der Waals surface area contributed by atoms with Gasteiger partial charge in [0.05, 0.1) is 16.8 Å². The Morgan fingerprint density at radius 2 is 1.72 bits per heavy atom. The fourth-order valence-electron chi connectivity index (χ4n) is 3.63. The van der Waals surface area contributed by atoms with Crippen molar-refractivity contribution in [1.82, 2.24) is 19.0 Å². The van der Waals surface area contributed by atoms with Gasteiger partial charge in [-0.05, 0) is 43.7 Å². The zero-order valence-corrected chi connectivity index (χ0v) is 18.8. The second-order valence-corrected chi connectivity index (χ2v) is 9.72. The first-order valence-electron chi connectivity index (χ1n) is 10.6. The summed E-state index contributed by atoms with van der Waals surface area (Å²) >= 11 is 0. The van der Waals surface area contributed by atoms with Gasteiger partial charge in [0.2, 0.25) is 15.9 Å². The molecule has 2 aromatic carbocycles. The molecule has 2 heterocycles. The molecule has 32 heavy (non-hydrogen) atoms. The molecule has 1 amide bonds. The van der Waals surface area contributed by atoms with E-state index < -0.39 is 10.0 Å². The third kappa shape index (κ3) is 4.98. The van der Waals surface area contributed by atoms with Crippen LogP contribution in [0.1, 0.15) is 17.5 Å². The molecule has 0 aliphatic carbocycles. The van der Waals surface area contributed by atoms with Gasteiger partial charge in [-0.1, -0.05) is 35.9 Å². The van der Waals surface area contributed by atoms with E-state index in [4.69, 9.17) is 0 Å². The van der Waals surface area contributed by atoms with Crippen LogP contribution in [0.25, 0.3) is 11.8 Å². The number of nitrogens with zero attached hydrogens (tertiary/aromatic N) is 4. The fraction of sp³-hybridized carbons (Fsp3) is 0.250. The predicted molar refractivity (Wildman–Crippen MR) is 124 cm³/mol. The Kier molecular flexibility index (Phi) is 6.53. The highest BCUT2D eigenvalue weighted by molar-refractivity contribution is 7.89. The molecule has 0 bridgehead atoms. The third-order valence-electron chi connectivity index (χ3n) is 5.47. The van der Waals surface area contributed by atoms with E-state index in [1.807, 2.05) is 43.5 Å². The van der Waals surface area contributed by atoms with Crippen molar-refractivity contribution in [3.63, 3.8) is 0 Å². The first-order valence-corrected chi connectivity index (χ1v) is 12.0. The summed E-state index contributed by atoms with van der Waals surface area (Å²) < 4.78 is 29.1. The van der Waals surface area contributed by atoms with Crippen molar-refractivity contribution >= 4 is 22.0 Å². The molecule has 0 spiro atoms. The Morgan fingerprint density at radius 3 is 2.47 bits per heavy atom. The van der Waals surface area contributed by atoms with E-state index in [9.17, 15) is 13.2 Å². The molecule has 1 fully saturated rings. The van der Waals surface area contributed by atoms with Crippen molar-refractivity contribution < 1.29 is 13.2 Å². The van der Waals surface area contributed by atoms with Crippen molar-refractivity contribution in [3.05, 3.63) is 84.2 Å². The Hall–Kier alpha value is -3.23. The second-order valence-electron chi connectivity index (χ2n) is 7.78. The highest BCUT2D eigenvalue weighted by Gasteiger charge is 2.27. The summed E-state index contributed by atoms with van der Waals surface area (Å²) in [4.78, 5) is 14.7. The number of sulfonamides is 1. The first-order chi connectivity index (χ1) is 15.4. The molecule has 0 atom stereocenters. The molecule has 4 rings (SSSR count). The minimum atomic E-state index is -3.56. The largest absolute Gasteiger partial charge is 0.338 e. The van der Waals surface area contributed by atoms with Gasteiger partial charge < -0.3 is 4.90 Å². The van der Waals surface area contributed by atoms with E-state index in [-0.39, 0.29) is 12.5 Å². The van der Waals surface area contributed by atoms with Gasteiger partial charge in [0.1, 0.15) is 0 Å². The summed E-state index contributed by atoms with van der Waals surface area (Å²) in [6.07, 6.45) is 7.42. The molecule has 1 aliphatic heterocycles. The van der Waals surface area contributed by atoms with E-state index in [0.29, 0.717) is 31.0 Å². The predicted octanol–water partition coefficient (Wildman–Crippen LogP) is 3.12. The van der Waals surface area contributed by atoms with Crippen LogP contribution in [-0.2, 0) is 14.8 Å². The second kappa shape index (κ2) is 9.50. The van der Waals surface area contributed by atoms with Crippen molar-refractivity contribution in [2.45, 2.75) is 18.2 Å². The van der Waals surface area contributed by atoms with E-state index in [1.54, 1.807) is 46.1 Å². The quantitative estimate of drug-likeness (QED) is 0.560. The van der Waals surface area contributed by atoms with Crippen LogP contribution in [0.3, 0.4) is 0 Å². The molecule has 0 N–H and O–H groups in total. The van der Waals surface area contributed by atoms with Crippen molar-refractivity contribution in [2.24, 2.45) is 0 Å². The van der Waals surface area contributed by atoms with Gasteiger partial charge in [0.25, 0.3) is 0 Å². The summed E-state index contributed by atoms with van der Waals surface area (Å²) in [6, 6.07) is 16.6. The number of amides is 1. The first kappa shape index (κ1) is 22.0. The zero-order chi connectivity index (χ0) is 22.6. The van der Waals surface area contributed by atoms with E-state index in [2.05, 4.69) is 5.10 Å². The Balaban J connectivity index is 1.38. The van der Waals surface area contributed by atoms with Gasteiger partial charge in [0, 0.05) is 44.0 Å². The number of aromatic nitrogens is 2. The van der Waals surface area contributed by atoms with Crippen LogP contribution < -0.4 is 0 Å². The van der Waals surface area contributed by atoms with Gasteiger partial charge in [-0.25, -0.2) is 13.1 Å². The molecule has 8 heteroatoms. The molecular weight excluding hydrogens is 424 g/mol. The van der Waals surface area contributed by atoms with E-state index >= 15 is 0 Å². The van der Waals surface area contributed by atoms with Crippen molar-refractivity contribution in [2.75, 3.05) is 26.2 Å². The topological polar surface area (TPSA) is 75.5 Å². The van der Waals surface area contributed by atoms with Crippen LogP contribution in [0.4, 0.5) is 0 Å². The number of hydrogen-bond acceptors (Lipinski definition) is 4. The maximum Gasteiger partial charge on any atom is 0.246 e. The number of carbonyl (C=O) groups excluding carboxylic acids is 1. The molecule has 7 nitrogen and oxygen atoms in total. The minimum Gasteiger partial charge on any atom is -0.338 e. The number of carbonyl (C=O) groups is 1. The van der Waals surface area contributed by atoms with Crippen LogP contribution in [0.15, 0.2) is 78.0 Å². The maximum atomic E-state index is 13.0. The fourth-order valence-corrected chi connectivity index (χ4v) is 5.10. The van der Waals surface area contributed by atoms with Gasteiger partial charge >= 0.3 is 0 Å². The summed E-state index contributed by atoms with van der Waals surface area (Å²) in [6.45, 7) is 3.48. The summed E-state index contributed by atoms with van der Waals surface area (Å²) in [5.41, 5.74) is 2.78. The summed E-state index contributed by atoms with van der Waals surface area (Å²) in [5, 5.41) is 4.33. The smallest absolute Gasteiger partial charge is 0.246 e. The van der Waals surface area contributed by atoms with E-state index in [1.165, 1.54) is 10.4 Å². The highest BCUT2D eigenvalue weighted by atomic mass is 32.2. The minimum absolute atomic E-state index is 0.132. The van der Waals surface area contributed by atoms with Crippen LogP contribution in [0.2, 0.25) is 0 Å². The third-order valence-corrected chi connectivity index (χ3v) is 7.38. The van der Waals surface area contributed by atoms with Crippen molar-refractivity contribution in [1.29, 1.82) is 0 Å². The summed E-state index contributed by atoms with van der Waals surface area (Å²) in [5.74, 6) is -0.132. The number of aryl methyl sites for hydroxylation is 1. The van der Waals surface area contributed by atoms with Gasteiger partial charge in [0.15, 0.2) is 0 Å². The lowest BCUT2D eigenvalue weighted by Gasteiger charge is -2.21. The number of rotatable bonds is 5. The lowest BCUT2D eigenvalue weighted by Crippen LogP contribution is -2.36. The molecule has 3 aromatic rings. The number of benzene rings is 2. The average Bonchev–Trinajstić information content (AvgIpc) is 3.13.